The summed E-state index contributed by atoms with van der Waals surface area (Å²) in [7, 11) is 2.20. The number of hydrogen-bond acceptors (Lipinski definition) is 4. The van der Waals surface area contributed by atoms with E-state index in [4.69, 9.17) is 4.74 Å². The van der Waals surface area contributed by atoms with Crippen LogP contribution in [0.25, 0.3) is 11.1 Å². The van der Waals surface area contributed by atoms with Crippen molar-refractivity contribution in [2.24, 2.45) is 0 Å². The van der Waals surface area contributed by atoms with E-state index in [9.17, 15) is 4.79 Å². The number of benzene rings is 2. The van der Waals surface area contributed by atoms with Gasteiger partial charge in [-0.3, -0.25) is 9.69 Å². The Hall–Kier alpha value is -2.17. The highest BCUT2D eigenvalue weighted by molar-refractivity contribution is 5.73. The summed E-state index contributed by atoms with van der Waals surface area (Å²) in [6.07, 6.45) is 1.57. The van der Waals surface area contributed by atoms with Crippen LogP contribution >= 0.6 is 0 Å². The standard InChI is InChI=1S/C23H30N2O2/c1-3-27-23(26)17-19-5-9-21(10-6-19)22-11-7-20(8-12-22)18-25-14-4-13-24(2)15-16-25/h5-12H,3-4,13-18H2,1-2H3. The molecule has 0 atom stereocenters. The molecular formula is C23H30N2O2. The van der Waals surface area contributed by atoms with Gasteiger partial charge < -0.3 is 9.64 Å². The highest BCUT2D eigenvalue weighted by Crippen LogP contribution is 2.21. The summed E-state index contributed by atoms with van der Waals surface area (Å²) in [6.45, 7) is 7.94. The minimum Gasteiger partial charge on any atom is -0.466 e. The summed E-state index contributed by atoms with van der Waals surface area (Å²) in [5, 5.41) is 0. The van der Waals surface area contributed by atoms with Crippen LogP contribution in [0.5, 0.6) is 0 Å². The Labute approximate surface area is 162 Å². The Morgan fingerprint density at radius 2 is 1.52 bits per heavy atom. The second-order valence-electron chi connectivity index (χ2n) is 7.31. The molecule has 4 heteroatoms. The Bertz CT molecular complexity index is 725. The quantitative estimate of drug-likeness (QED) is 0.732. The summed E-state index contributed by atoms with van der Waals surface area (Å²) in [5.74, 6) is -0.172. The van der Waals surface area contributed by atoms with Crippen molar-refractivity contribution in [3.8, 4) is 11.1 Å². The zero-order valence-corrected chi connectivity index (χ0v) is 16.5. The molecule has 0 spiro atoms. The van der Waals surface area contributed by atoms with Crippen molar-refractivity contribution >= 4 is 5.97 Å². The summed E-state index contributed by atoms with van der Waals surface area (Å²) < 4.78 is 5.00. The molecular weight excluding hydrogens is 336 g/mol. The molecule has 1 aliphatic heterocycles. The molecule has 2 aromatic rings. The SMILES string of the molecule is CCOC(=O)Cc1ccc(-c2ccc(CN3CCCN(C)CC3)cc2)cc1. The number of rotatable bonds is 6. The number of hydrogen-bond donors (Lipinski definition) is 0. The maximum atomic E-state index is 11.6. The van der Waals surface area contributed by atoms with Gasteiger partial charge in [0.15, 0.2) is 0 Å². The molecule has 1 saturated heterocycles. The molecule has 1 heterocycles. The van der Waals surface area contributed by atoms with Crippen molar-refractivity contribution in [2.45, 2.75) is 26.3 Å². The molecule has 2 aromatic carbocycles. The molecule has 0 bridgehead atoms. The predicted molar refractivity (Wildman–Crippen MR) is 110 cm³/mol. The van der Waals surface area contributed by atoms with E-state index in [2.05, 4.69) is 53.2 Å². The van der Waals surface area contributed by atoms with Gasteiger partial charge in [0.05, 0.1) is 13.0 Å². The molecule has 1 fully saturated rings. The van der Waals surface area contributed by atoms with E-state index in [1.807, 2.05) is 19.1 Å². The van der Waals surface area contributed by atoms with Gasteiger partial charge in [0, 0.05) is 19.6 Å². The maximum absolute atomic E-state index is 11.6. The minimum atomic E-state index is -0.172. The first-order chi connectivity index (χ1) is 13.1. The lowest BCUT2D eigenvalue weighted by atomic mass is 10.0. The second kappa shape index (κ2) is 9.67. The number of carbonyl (C=O) groups excluding carboxylic acids is 1. The summed E-state index contributed by atoms with van der Waals surface area (Å²) in [5.41, 5.74) is 4.73. The van der Waals surface area contributed by atoms with Crippen molar-refractivity contribution in [3.63, 3.8) is 0 Å². The van der Waals surface area contributed by atoms with Crippen molar-refractivity contribution in [3.05, 3.63) is 59.7 Å². The second-order valence-corrected chi connectivity index (χ2v) is 7.31. The monoisotopic (exact) mass is 366 g/mol. The fourth-order valence-electron chi connectivity index (χ4n) is 3.51. The largest absolute Gasteiger partial charge is 0.466 e. The minimum absolute atomic E-state index is 0.172. The van der Waals surface area contributed by atoms with Crippen LogP contribution in [0.3, 0.4) is 0 Å². The van der Waals surface area contributed by atoms with E-state index in [0.29, 0.717) is 13.0 Å². The van der Waals surface area contributed by atoms with Gasteiger partial charge in [-0.25, -0.2) is 0 Å². The molecule has 0 unspecified atom stereocenters. The first-order valence-corrected chi connectivity index (χ1v) is 9.89. The van der Waals surface area contributed by atoms with Gasteiger partial charge >= 0.3 is 5.97 Å². The fraction of sp³-hybridized carbons (Fsp3) is 0.435. The fourth-order valence-corrected chi connectivity index (χ4v) is 3.51. The van der Waals surface area contributed by atoms with Gasteiger partial charge in [-0.1, -0.05) is 48.5 Å². The Balaban J connectivity index is 1.59. The third-order valence-corrected chi connectivity index (χ3v) is 5.11. The van der Waals surface area contributed by atoms with Crippen molar-refractivity contribution in [1.82, 2.24) is 9.80 Å². The summed E-state index contributed by atoms with van der Waals surface area (Å²) in [4.78, 5) is 16.5. The third-order valence-electron chi connectivity index (χ3n) is 5.11. The van der Waals surface area contributed by atoms with Crippen LogP contribution in [-0.4, -0.2) is 55.6 Å². The molecule has 0 aliphatic carbocycles. The highest BCUT2D eigenvalue weighted by Gasteiger charge is 2.12. The van der Waals surface area contributed by atoms with Gasteiger partial charge in [0.1, 0.15) is 0 Å². The van der Waals surface area contributed by atoms with Crippen molar-refractivity contribution in [1.29, 1.82) is 0 Å². The Kier molecular flexibility index (Phi) is 7.02. The van der Waals surface area contributed by atoms with Crippen LogP contribution in [0.1, 0.15) is 24.5 Å². The lowest BCUT2D eigenvalue weighted by Crippen LogP contribution is -2.28. The molecule has 0 aromatic heterocycles. The molecule has 0 saturated carbocycles. The van der Waals surface area contributed by atoms with Crippen LogP contribution in [0.4, 0.5) is 0 Å². The van der Waals surface area contributed by atoms with Crippen molar-refractivity contribution in [2.75, 3.05) is 39.8 Å². The van der Waals surface area contributed by atoms with Crippen LogP contribution in [0.2, 0.25) is 0 Å². The van der Waals surface area contributed by atoms with Gasteiger partial charge in [0.2, 0.25) is 0 Å². The zero-order chi connectivity index (χ0) is 19.1. The molecule has 0 amide bonds. The Morgan fingerprint density at radius 1 is 0.889 bits per heavy atom. The normalized spacial score (nSPS) is 16.1. The van der Waals surface area contributed by atoms with E-state index in [1.54, 1.807) is 0 Å². The highest BCUT2D eigenvalue weighted by atomic mass is 16.5. The molecule has 0 N–H and O–H groups in total. The average Bonchev–Trinajstić information content (AvgIpc) is 2.87. The average molecular weight is 367 g/mol. The molecule has 27 heavy (non-hydrogen) atoms. The first kappa shape index (κ1) is 19.6. The van der Waals surface area contributed by atoms with Gasteiger partial charge in [-0.2, -0.15) is 0 Å². The van der Waals surface area contributed by atoms with E-state index in [0.717, 1.165) is 25.2 Å². The third kappa shape index (κ3) is 5.91. The molecule has 4 nitrogen and oxygen atoms in total. The van der Waals surface area contributed by atoms with Gasteiger partial charge in [0.25, 0.3) is 0 Å². The topological polar surface area (TPSA) is 32.8 Å². The lowest BCUT2D eigenvalue weighted by molar-refractivity contribution is -0.142. The predicted octanol–water partition coefficient (Wildman–Crippen LogP) is 3.60. The smallest absolute Gasteiger partial charge is 0.310 e. The molecule has 144 valence electrons. The number of likely N-dealkylation sites (N-methyl/N-ethyl adjacent to an activating group) is 1. The lowest BCUT2D eigenvalue weighted by Gasteiger charge is -2.20. The number of nitrogens with zero attached hydrogens (tertiary/aromatic N) is 2. The molecule has 1 aliphatic rings. The molecule has 3 rings (SSSR count). The van der Waals surface area contributed by atoms with Crippen molar-refractivity contribution < 1.29 is 9.53 Å². The van der Waals surface area contributed by atoms with E-state index >= 15 is 0 Å². The van der Waals surface area contributed by atoms with Gasteiger partial charge in [-0.15, -0.1) is 0 Å². The summed E-state index contributed by atoms with van der Waals surface area (Å²) >= 11 is 0. The Morgan fingerprint density at radius 3 is 2.15 bits per heavy atom. The number of carbonyl (C=O) groups is 1. The first-order valence-electron chi connectivity index (χ1n) is 9.89. The van der Waals surface area contributed by atoms with Crippen LogP contribution in [0, 0.1) is 0 Å². The van der Waals surface area contributed by atoms with E-state index in [-0.39, 0.29) is 5.97 Å². The van der Waals surface area contributed by atoms with E-state index < -0.39 is 0 Å². The van der Waals surface area contributed by atoms with Gasteiger partial charge in [-0.05, 0) is 55.7 Å². The number of ether oxygens (including phenoxy) is 1. The van der Waals surface area contributed by atoms with Crippen LogP contribution in [-0.2, 0) is 22.5 Å². The van der Waals surface area contributed by atoms with Crippen LogP contribution in [0.15, 0.2) is 48.5 Å². The summed E-state index contributed by atoms with van der Waals surface area (Å²) in [6, 6.07) is 17.0. The maximum Gasteiger partial charge on any atom is 0.310 e. The number of esters is 1. The zero-order valence-electron chi connectivity index (χ0n) is 16.5. The van der Waals surface area contributed by atoms with E-state index in [1.165, 1.54) is 36.2 Å². The van der Waals surface area contributed by atoms with Crippen LogP contribution < -0.4 is 0 Å². The molecule has 0 radical (unpaired) electrons.